The summed E-state index contributed by atoms with van der Waals surface area (Å²) in [6.45, 7) is 6.36. The van der Waals surface area contributed by atoms with E-state index in [4.69, 9.17) is 16.7 Å². The molecule has 0 heterocycles. The molecule has 1 aromatic carbocycles. The number of hydrogen-bond acceptors (Lipinski definition) is 3. The molecule has 5 nitrogen and oxygen atoms in total. The van der Waals surface area contributed by atoms with Gasteiger partial charge in [-0.05, 0) is 24.1 Å². The predicted octanol–water partition coefficient (Wildman–Crippen LogP) is 2.70. The zero-order valence-corrected chi connectivity index (χ0v) is 13.2. The molecule has 0 aliphatic rings. The molecule has 0 spiro atoms. The smallest absolute Gasteiger partial charge is 0.337 e. The Hall–Kier alpha value is -1.11. The van der Waals surface area contributed by atoms with Crippen LogP contribution in [0.4, 0.5) is 0 Å². The fourth-order valence-electron chi connectivity index (χ4n) is 1.78. The van der Waals surface area contributed by atoms with Gasteiger partial charge in [0, 0.05) is 13.1 Å². The van der Waals surface area contributed by atoms with E-state index in [0.29, 0.717) is 13.1 Å². The molecule has 0 saturated carbocycles. The van der Waals surface area contributed by atoms with Gasteiger partial charge in [0.1, 0.15) is 0 Å². The van der Waals surface area contributed by atoms with Gasteiger partial charge in [-0.25, -0.2) is 13.2 Å². The van der Waals surface area contributed by atoms with Gasteiger partial charge < -0.3 is 5.11 Å². The topological polar surface area (TPSA) is 74.7 Å². The average Bonchev–Trinajstić information content (AvgIpc) is 2.34. The minimum absolute atomic E-state index is 0.00926. The van der Waals surface area contributed by atoms with E-state index in [9.17, 15) is 13.2 Å². The average molecular weight is 320 g/mol. The lowest BCUT2D eigenvalue weighted by Crippen LogP contribution is -2.34. The minimum Gasteiger partial charge on any atom is -0.478 e. The molecule has 0 radical (unpaired) electrons. The van der Waals surface area contributed by atoms with Gasteiger partial charge >= 0.3 is 5.97 Å². The largest absolute Gasteiger partial charge is 0.478 e. The molecule has 0 unspecified atom stereocenters. The maximum atomic E-state index is 12.5. The number of carbonyl (C=O) groups is 1. The highest BCUT2D eigenvalue weighted by atomic mass is 35.5. The van der Waals surface area contributed by atoms with Crippen molar-refractivity contribution in [3.8, 4) is 0 Å². The van der Waals surface area contributed by atoms with Crippen molar-refractivity contribution < 1.29 is 18.3 Å². The van der Waals surface area contributed by atoms with Gasteiger partial charge in [0.15, 0.2) is 0 Å². The van der Waals surface area contributed by atoms with Crippen molar-refractivity contribution in [1.29, 1.82) is 0 Å². The molecule has 0 aliphatic carbocycles. The quantitative estimate of drug-likeness (QED) is 0.874. The molecule has 1 N–H and O–H groups in total. The summed E-state index contributed by atoms with van der Waals surface area (Å²) < 4.78 is 26.3. The van der Waals surface area contributed by atoms with E-state index in [1.807, 2.05) is 13.8 Å². The van der Waals surface area contributed by atoms with Crippen LogP contribution in [0.15, 0.2) is 23.1 Å². The third-order valence-electron chi connectivity index (χ3n) is 2.73. The number of carboxylic acids is 1. The predicted molar refractivity (Wildman–Crippen MR) is 77.7 cm³/mol. The molecule has 0 fully saturated rings. The van der Waals surface area contributed by atoms with Gasteiger partial charge in [-0.3, -0.25) is 0 Å². The van der Waals surface area contributed by atoms with Gasteiger partial charge in [-0.2, -0.15) is 4.31 Å². The standard InChI is InChI=1S/C13H18ClNO4S/c1-4-15(8-9(2)3)20(18,19)10-5-6-11(13(16)17)12(14)7-10/h5-7,9H,4,8H2,1-3H3,(H,16,17). The maximum Gasteiger partial charge on any atom is 0.337 e. The van der Waals surface area contributed by atoms with Crippen LogP contribution in [-0.4, -0.2) is 36.9 Å². The van der Waals surface area contributed by atoms with Crippen molar-refractivity contribution in [2.24, 2.45) is 5.92 Å². The zero-order valence-electron chi connectivity index (χ0n) is 11.6. The van der Waals surface area contributed by atoms with Crippen LogP contribution < -0.4 is 0 Å². The lowest BCUT2D eigenvalue weighted by atomic mass is 10.2. The molecule has 0 saturated heterocycles. The van der Waals surface area contributed by atoms with Crippen molar-refractivity contribution in [3.05, 3.63) is 28.8 Å². The fraction of sp³-hybridized carbons (Fsp3) is 0.462. The Morgan fingerprint density at radius 2 is 2.00 bits per heavy atom. The zero-order chi connectivity index (χ0) is 15.5. The van der Waals surface area contributed by atoms with Crippen molar-refractivity contribution in [2.75, 3.05) is 13.1 Å². The number of nitrogens with zero attached hydrogens (tertiary/aromatic N) is 1. The van der Waals surface area contributed by atoms with Gasteiger partial charge in [-0.1, -0.05) is 32.4 Å². The molecule has 1 rings (SSSR count). The van der Waals surface area contributed by atoms with Crippen LogP contribution in [0.5, 0.6) is 0 Å². The number of carboxylic acid groups (broad SMARTS) is 1. The molecule has 0 aromatic heterocycles. The summed E-state index contributed by atoms with van der Waals surface area (Å²) in [6.07, 6.45) is 0. The van der Waals surface area contributed by atoms with Crippen molar-refractivity contribution in [3.63, 3.8) is 0 Å². The second kappa shape index (κ2) is 6.56. The Kier molecular flexibility index (Phi) is 5.56. The van der Waals surface area contributed by atoms with Gasteiger partial charge in [0.05, 0.1) is 15.5 Å². The number of aromatic carboxylic acids is 1. The first-order valence-electron chi connectivity index (χ1n) is 6.23. The monoisotopic (exact) mass is 319 g/mol. The summed E-state index contributed by atoms with van der Waals surface area (Å²) in [6, 6.07) is 3.66. The summed E-state index contributed by atoms with van der Waals surface area (Å²) in [5.74, 6) is -0.994. The molecule has 0 amide bonds. The fourth-order valence-corrected chi connectivity index (χ4v) is 3.75. The number of rotatable bonds is 6. The molecular weight excluding hydrogens is 302 g/mol. The summed E-state index contributed by atoms with van der Waals surface area (Å²) in [7, 11) is -3.66. The highest BCUT2D eigenvalue weighted by Crippen LogP contribution is 2.23. The SMILES string of the molecule is CCN(CC(C)C)S(=O)(=O)c1ccc(C(=O)O)c(Cl)c1. The van der Waals surface area contributed by atoms with Crippen LogP contribution >= 0.6 is 11.6 Å². The Balaban J connectivity index is 3.21. The van der Waals surface area contributed by atoms with Crippen LogP contribution in [0.1, 0.15) is 31.1 Å². The van der Waals surface area contributed by atoms with Gasteiger partial charge in [0.2, 0.25) is 10.0 Å². The first-order chi connectivity index (χ1) is 9.20. The first kappa shape index (κ1) is 16.9. The molecule has 0 aliphatic heterocycles. The Labute approximate surface area is 124 Å². The summed E-state index contributed by atoms with van der Waals surface area (Å²) >= 11 is 5.82. The number of hydrogen-bond donors (Lipinski definition) is 1. The Bertz CT molecular complexity index is 598. The number of halogens is 1. The molecule has 0 atom stereocenters. The molecule has 1 aromatic rings. The van der Waals surface area contributed by atoms with Crippen LogP contribution in [-0.2, 0) is 10.0 Å². The normalized spacial score (nSPS) is 12.1. The van der Waals surface area contributed by atoms with Gasteiger partial charge in [0.25, 0.3) is 0 Å². The van der Waals surface area contributed by atoms with E-state index in [-0.39, 0.29) is 21.4 Å². The minimum atomic E-state index is -3.66. The van der Waals surface area contributed by atoms with E-state index in [1.54, 1.807) is 6.92 Å². The van der Waals surface area contributed by atoms with E-state index >= 15 is 0 Å². The second-order valence-corrected chi connectivity index (χ2v) is 7.14. The maximum absolute atomic E-state index is 12.5. The second-order valence-electron chi connectivity index (χ2n) is 4.80. The van der Waals surface area contributed by atoms with Gasteiger partial charge in [-0.15, -0.1) is 0 Å². The molecular formula is C13H18ClNO4S. The molecule has 0 bridgehead atoms. The molecule has 112 valence electrons. The third-order valence-corrected chi connectivity index (χ3v) is 4.98. The van der Waals surface area contributed by atoms with Crippen molar-refractivity contribution >= 4 is 27.6 Å². The highest BCUT2D eigenvalue weighted by molar-refractivity contribution is 7.89. The summed E-state index contributed by atoms with van der Waals surface area (Å²) in [5, 5.41) is 8.81. The number of sulfonamides is 1. The van der Waals surface area contributed by atoms with Crippen LogP contribution in [0.2, 0.25) is 5.02 Å². The van der Waals surface area contributed by atoms with Crippen molar-refractivity contribution in [2.45, 2.75) is 25.7 Å². The Morgan fingerprint density at radius 1 is 1.40 bits per heavy atom. The van der Waals surface area contributed by atoms with Crippen LogP contribution in [0, 0.1) is 5.92 Å². The third kappa shape index (κ3) is 3.71. The van der Waals surface area contributed by atoms with Crippen LogP contribution in [0.3, 0.4) is 0 Å². The van der Waals surface area contributed by atoms with E-state index in [1.165, 1.54) is 22.5 Å². The Morgan fingerprint density at radius 3 is 2.40 bits per heavy atom. The first-order valence-corrected chi connectivity index (χ1v) is 8.05. The summed E-state index contributed by atoms with van der Waals surface area (Å²) in [4.78, 5) is 10.9. The van der Waals surface area contributed by atoms with E-state index in [2.05, 4.69) is 0 Å². The number of benzene rings is 1. The molecule has 20 heavy (non-hydrogen) atoms. The summed E-state index contributed by atoms with van der Waals surface area (Å²) in [5.41, 5.74) is -0.113. The van der Waals surface area contributed by atoms with E-state index in [0.717, 1.165) is 0 Å². The highest BCUT2D eigenvalue weighted by Gasteiger charge is 2.25. The van der Waals surface area contributed by atoms with Crippen LogP contribution in [0.25, 0.3) is 0 Å². The van der Waals surface area contributed by atoms with E-state index < -0.39 is 16.0 Å². The lowest BCUT2D eigenvalue weighted by Gasteiger charge is -2.22. The molecule has 7 heteroatoms. The lowest BCUT2D eigenvalue weighted by molar-refractivity contribution is 0.0697. The van der Waals surface area contributed by atoms with Crippen molar-refractivity contribution in [1.82, 2.24) is 4.31 Å².